The smallest absolute Gasteiger partial charge is 0.423 e. The maximum absolute atomic E-state index is 13.3. The average Bonchev–Trinajstić information content (AvgIpc) is 2.66. The molecule has 1 fully saturated rings. The summed E-state index contributed by atoms with van der Waals surface area (Å²) >= 11 is 0. The zero-order valence-electron chi connectivity index (χ0n) is 11.0. The van der Waals surface area contributed by atoms with Gasteiger partial charge in [0.1, 0.15) is 5.82 Å². The van der Waals surface area contributed by atoms with Crippen LogP contribution in [0, 0.1) is 5.82 Å². The molecule has 0 bridgehead atoms. The van der Waals surface area contributed by atoms with Gasteiger partial charge in [-0.2, -0.15) is 0 Å². The minimum atomic E-state index is -1.78. The van der Waals surface area contributed by atoms with E-state index in [2.05, 4.69) is 0 Å². The summed E-state index contributed by atoms with van der Waals surface area (Å²) in [6, 6.07) is 4.33. The second-order valence-electron chi connectivity index (χ2n) is 5.15. The van der Waals surface area contributed by atoms with Crippen LogP contribution in [0.15, 0.2) is 18.2 Å². The van der Waals surface area contributed by atoms with Crippen LogP contribution in [-0.2, 0) is 11.3 Å². The lowest BCUT2D eigenvalue weighted by Gasteiger charge is -2.15. The van der Waals surface area contributed by atoms with E-state index in [-0.39, 0.29) is 11.6 Å². The van der Waals surface area contributed by atoms with E-state index in [1.807, 2.05) is 0 Å². The van der Waals surface area contributed by atoms with Gasteiger partial charge < -0.3 is 14.8 Å². The van der Waals surface area contributed by atoms with Crippen LogP contribution in [0.2, 0.25) is 0 Å². The molecular weight excluding hydrogens is 246 g/mol. The van der Waals surface area contributed by atoms with Crippen LogP contribution >= 0.6 is 0 Å². The van der Waals surface area contributed by atoms with Gasteiger partial charge in [0.2, 0.25) is 0 Å². The van der Waals surface area contributed by atoms with Crippen LogP contribution in [-0.4, -0.2) is 23.3 Å². The number of benzene rings is 1. The van der Waals surface area contributed by atoms with E-state index in [1.54, 1.807) is 6.07 Å². The highest BCUT2D eigenvalue weighted by Crippen LogP contribution is 2.20. The zero-order chi connectivity index (χ0) is 13.7. The van der Waals surface area contributed by atoms with Gasteiger partial charge in [-0.05, 0) is 24.5 Å². The topological polar surface area (TPSA) is 49.7 Å². The number of rotatable bonds is 4. The molecule has 0 heterocycles. The van der Waals surface area contributed by atoms with Crippen molar-refractivity contribution in [2.75, 3.05) is 0 Å². The molecule has 1 aromatic carbocycles. The maximum atomic E-state index is 13.3. The molecule has 1 saturated carbocycles. The summed E-state index contributed by atoms with van der Waals surface area (Å²) < 4.78 is 19.1. The molecule has 0 spiro atoms. The Morgan fingerprint density at radius 1 is 1.16 bits per heavy atom. The molecule has 3 nitrogen and oxygen atoms in total. The Labute approximate surface area is 113 Å². The molecule has 104 valence electrons. The van der Waals surface area contributed by atoms with E-state index in [9.17, 15) is 4.39 Å². The van der Waals surface area contributed by atoms with Crippen molar-refractivity contribution in [2.45, 2.75) is 51.2 Å². The van der Waals surface area contributed by atoms with Gasteiger partial charge in [-0.15, -0.1) is 0 Å². The van der Waals surface area contributed by atoms with Crippen LogP contribution in [0.5, 0.6) is 0 Å². The van der Waals surface area contributed by atoms with Gasteiger partial charge >= 0.3 is 7.12 Å². The highest BCUT2D eigenvalue weighted by Gasteiger charge is 2.17. The highest BCUT2D eigenvalue weighted by molar-refractivity contribution is 6.58. The minimum absolute atomic E-state index is 0.0954. The molecule has 2 N–H and O–H groups in total. The van der Waals surface area contributed by atoms with Crippen LogP contribution in [0.1, 0.15) is 44.1 Å². The highest BCUT2D eigenvalue weighted by atomic mass is 19.1. The third-order valence-corrected chi connectivity index (χ3v) is 3.63. The fourth-order valence-electron chi connectivity index (χ4n) is 2.50. The zero-order valence-corrected chi connectivity index (χ0v) is 11.0. The second-order valence-corrected chi connectivity index (χ2v) is 5.15. The van der Waals surface area contributed by atoms with Gasteiger partial charge in [-0.3, -0.25) is 0 Å². The molecule has 1 aliphatic rings. The van der Waals surface area contributed by atoms with Crippen LogP contribution in [0.3, 0.4) is 0 Å². The SMILES string of the molecule is OB(O)c1cc(COC2CCCCCC2)ccc1F. The summed E-state index contributed by atoms with van der Waals surface area (Å²) in [7, 11) is -1.78. The molecule has 0 radical (unpaired) electrons. The summed E-state index contributed by atoms with van der Waals surface area (Å²) in [6.07, 6.45) is 7.39. The van der Waals surface area contributed by atoms with Gasteiger partial charge in [0.05, 0.1) is 12.7 Å². The first-order valence-corrected chi connectivity index (χ1v) is 6.93. The molecule has 0 aromatic heterocycles. The van der Waals surface area contributed by atoms with Gasteiger partial charge in [0.15, 0.2) is 0 Å². The van der Waals surface area contributed by atoms with E-state index in [4.69, 9.17) is 14.8 Å². The lowest BCUT2D eigenvalue weighted by atomic mass is 9.79. The first kappa shape index (κ1) is 14.5. The third kappa shape index (κ3) is 4.30. The Balaban J connectivity index is 1.93. The maximum Gasteiger partial charge on any atom is 0.491 e. The Morgan fingerprint density at radius 2 is 1.84 bits per heavy atom. The molecule has 0 aliphatic heterocycles. The van der Waals surface area contributed by atoms with Gasteiger partial charge in [-0.25, -0.2) is 4.39 Å². The van der Waals surface area contributed by atoms with Crippen molar-refractivity contribution >= 4 is 12.6 Å². The van der Waals surface area contributed by atoms with Crippen LogP contribution < -0.4 is 5.46 Å². The summed E-state index contributed by atoms with van der Waals surface area (Å²) in [5.41, 5.74) is 0.677. The van der Waals surface area contributed by atoms with Crippen molar-refractivity contribution in [1.82, 2.24) is 0 Å². The Kier molecular flexibility index (Phi) is 5.37. The standard InChI is InChI=1S/C14H20BFO3/c16-14-8-7-11(9-13(14)15(17)18)10-19-12-5-3-1-2-4-6-12/h7-9,12,17-18H,1-6,10H2. The predicted molar refractivity (Wildman–Crippen MR) is 72.5 cm³/mol. The molecule has 0 unspecified atom stereocenters. The molecule has 5 heteroatoms. The van der Waals surface area contributed by atoms with E-state index in [1.165, 1.54) is 37.8 Å². The van der Waals surface area contributed by atoms with Gasteiger partial charge in [0.25, 0.3) is 0 Å². The van der Waals surface area contributed by atoms with Crippen LogP contribution in [0.25, 0.3) is 0 Å². The Bertz CT molecular complexity index is 404. The molecule has 0 saturated heterocycles. The van der Waals surface area contributed by atoms with Crippen molar-refractivity contribution in [2.24, 2.45) is 0 Å². The number of hydrogen-bond donors (Lipinski definition) is 2. The molecule has 0 amide bonds. The van der Waals surface area contributed by atoms with Crippen molar-refractivity contribution in [1.29, 1.82) is 0 Å². The van der Waals surface area contributed by atoms with Crippen molar-refractivity contribution < 1.29 is 19.2 Å². The summed E-state index contributed by atoms with van der Waals surface area (Å²) in [6.45, 7) is 0.394. The lowest BCUT2D eigenvalue weighted by Crippen LogP contribution is -2.33. The average molecular weight is 266 g/mol. The predicted octanol–water partition coefficient (Wildman–Crippen LogP) is 1.74. The van der Waals surface area contributed by atoms with E-state index in [0.29, 0.717) is 6.61 Å². The minimum Gasteiger partial charge on any atom is -0.423 e. The quantitative estimate of drug-likeness (QED) is 0.644. The summed E-state index contributed by atoms with van der Waals surface area (Å²) in [5.74, 6) is -0.604. The normalized spacial score (nSPS) is 17.2. The summed E-state index contributed by atoms with van der Waals surface area (Å²) in [4.78, 5) is 0. The van der Waals surface area contributed by atoms with Gasteiger partial charge in [0, 0.05) is 5.46 Å². The van der Waals surface area contributed by atoms with Crippen molar-refractivity contribution in [3.05, 3.63) is 29.6 Å². The van der Waals surface area contributed by atoms with E-state index in [0.717, 1.165) is 18.4 Å². The van der Waals surface area contributed by atoms with E-state index < -0.39 is 12.9 Å². The van der Waals surface area contributed by atoms with Crippen molar-refractivity contribution in [3.8, 4) is 0 Å². The van der Waals surface area contributed by atoms with Crippen molar-refractivity contribution in [3.63, 3.8) is 0 Å². The summed E-state index contributed by atoms with van der Waals surface area (Å²) in [5, 5.41) is 18.1. The monoisotopic (exact) mass is 266 g/mol. The molecule has 19 heavy (non-hydrogen) atoms. The first-order chi connectivity index (χ1) is 9.16. The fraction of sp³-hybridized carbons (Fsp3) is 0.571. The fourth-order valence-corrected chi connectivity index (χ4v) is 2.50. The first-order valence-electron chi connectivity index (χ1n) is 6.93. The number of hydrogen-bond acceptors (Lipinski definition) is 3. The molecule has 1 aromatic rings. The molecule has 2 rings (SSSR count). The lowest BCUT2D eigenvalue weighted by molar-refractivity contribution is 0.0310. The number of halogens is 1. The molecule has 0 atom stereocenters. The molecular formula is C14H20BFO3. The second kappa shape index (κ2) is 7.03. The Morgan fingerprint density at radius 3 is 2.47 bits per heavy atom. The third-order valence-electron chi connectivity index (χ3n) is 3.63. The Hall–Kier alpha value is -0.905. The van der Waals surface area contributed by atoms with Crippen LogP contribution in [0.4, 0.5) is 4.39 Å². The molecule has 1 aliphatic carbocycles. The van der Waals surface area contributed by atoms with Gasteiger partial charge in [-0.1, -0.05) is 37.8 Å². The number of ether oxygens (including phenoxy) is 1. The largest absolute Gasteiger partial charge is 0.491 e. The van der Waals surface area contributed by atoms with E-state index >= 15 is 0 Å².